The molecule has 0 spiro atoms. The van der Waals surface area contributed by atoms with Crippen LogP contribution in [0.5, 0.6) is 11.5 Å². The lowest BCUT2D eigenvalue weighted by Crippen LogP contribution is -1.88. The Hall–Kier alpha value is -2.74. The summed E-state index contributed by atoms with van der Waals surface area (Å²) in [6.07, 6.45) is 0. The summed E-state index contributed by atoms with van der Waals surface area (Å²) in [4.78, 5) is 0. The van der Waals surface area contributed by atoms with Gasteiger partial charge in [-0.05, 0) is 34.9 Å². The molecule has 2 nitrogen and oxygen atoms in total. The number of hydrogen-bond donors (Lipinski definition) is 0. The van der Waals surface area contributed by atoms with Crippen molar-refractivity contribution >= 4 is 0 Å². The fourth-order valence-corrected chi connectivity index (χ4v) is 2.47. The molecule has 2 heteroatoms. The van der Waals surface area contributed by atoms with Crippen LogP contribution in [0.4, 0.5) is 0 Å². The maximum atomic E-state index is 5.42. The molecule has 22 heavy (non-hydrogen) atoms. The summed E-state index contributed by atoms with van der Waals surface area (Å²) in [5, 5.41) is 0. The number of hydrogen-bond acceptors (Lipinski definition) is 2. The molecule has 0 aliphatic carbocycles. The fourth-order valence-electron chi connectivity index (χ4n) is 2.47. The summed E-state index contributed by atoms with van der Waals surface area (Å²) in [7, 11) is 3.35. The van der Waals surface area contributed by atoms with Crippen molar-refractivity contribution in [1.29, 1.82) is 0 Å². The predicted molar refractivity (Wildman–Crippen MR) is 89.3 cm³/mol. The highest BCUT2D eigenvalue weighted by atomic mass is 16.5. The SMILES string of the molecule is COc1[c]ccc(-c2ccc(-c3ccccc3OC)cc2)c1. The van der Waals surface area contributed by atoms with Crippen LogP contribution in [0.25, 0.3) is 22.3 Å². The van der Waals surface area contributed by atoms with Crippen molar-refractivity contribution in [2.24, 2.45) is 0 Å². The Bertz CT molecular complexity index is 761. The number of ether oxygens (including phenoxy) is 2. The third kappa shape index (κ3) is 2.82. The molecule has 0 aliphatic heterocycles. The summed E-state index contributed by atoms with van der Waals surface area (Å²) in [6, 6.07) is 25.4. The van der Waals surface area contributed by atoms with Crippen molar-refractivity contribution in [1.82, 2.24) is 0 Å². The second-order valence-corrected chi connectivity index (χ2v) is 4.92. The highest BCUT2D eigenvalue weighted by molar-refractivity contribution is 5.74. The van der Waals surface area contributed by atoms with Gasteiger partial charge in [-0.25, -0.2) is 0 Å². The van der Waals surface area contributed by atoms with Crippen molar-refractivity contribution in [3.8, 4) is 33.8 Å². The molecule has 0 N–H and O–H groups in total. The second-order valence-electron chi connectivity index (χ2n) is 4.92. The van der Waals surface area contributed by atoms with E-state index in [1.165, 1.54) is 0 Å². The van der Waals surface area contributed by atoms with Gasteiger partial charge in [0.15, 0.2) is 0 Å². The van der Waals surface area contributed by atoms with Crippen molar-refractivity contribution < 1.29 is 9.47 Å². The normalized spacial score (nSPS) is 10.3. The zero-order valence-corrected chi connectivity index (χ0v) is 12.7. The van der Waals surface area contributed by atoms with Gasteiger partial charge in [-0.3, -0.25) is 0 Å². The van der Waals surface area contributed by atoms with E-state index in [9.17, 15) is 0 Å². The van der Waals surface area contributed by atoms with E-state index in [-0.39, 0.29) is 0 Å². The fraction of sp³-hybridized carbons (Fsp3) is 0.100. The Morgan fingerprint density at radius 2 is 1.45 bits per heavy atom. The lowest BCUT2D eigenvalue weighted by Gasteiger charge is -2.09. The van der Waals surface area contributed by atoms with Crippen molar-refractivity contribution in [3.63, 3.8) is 0 Å². The summed E-state index contributed by atoms with van der Waals surface area (Å²) < 4.78 is 10.7. The first-order valence-electron chi connectivity index (χ1n) is 7.11. The van der Waals surface area contributed by atoms with Gasteiger partial charge in [-0.15, -0.1) is 0 Å². The lowest BCUT2D eigenvalue weighted by atomic mass is 10.00. The van der Waals surface area contributed by atoms with Crippen LogP contribution in [0, 0.1) is 6.07 Å². The van der Waals surface area contributed by atoms with Crippen LogP contribution in [0.2, 0.25) is 0 Å². The van der Waals surface area contributed by atoms with Crippen molar-refractivity contribution in [2.45, 2.75) is 0 Å². The van der Waals surface area contributed by atoms with Crippen LogP contribution < -0.4 is 9.47 Å². The Morgan fingerprint density at radius 3 is 2.18 bits per heavy atom. The molecule has 0 aromatic heterocycles. The van der Waals surface area contributed by atoms with E-state index in [1.807, 2.05) is 36.4 Å². The topological polar surface area (TPSA) is 18.5 Å². The van der Waals surface area contributed by atoms with Gasteiger partial charge < -0.3 is 9.47 Å². The molecule has 0 saturated heterocycles. The van der Waals surface area contributed by atoms with Gasteiger partial charge in [-0.2, -0.15) is 0 Å². The number of para-hydroxylation sites is 1. The van der Waals surface area contributed by atoms with Gasteiger partial charge in [0.1, 0.15) is 11.5 Å². The summed E-state index contributed by atoms with van der Waals surface area (Å²) in [5.41, 5.74) is 4.49. The molecular weight excluding hydrogens is 272 g/mol. The van der Waals surface area contributed by atoms with E-state index < -0.39 is 0 Å². The molecule has 0 atom stereocenters. The largest absolute Gasteiger partial charge is 0.496 e. The summed E-state index contributed by atoms with van der Waals surface area (Å²) in [5.74, 6) is 1.62. The quantitative estimate of drug-likeness (QED) is 0.684. The summed E-state index contributed by atoms with van der Waals surface area (Å²) >= 11 is 0. The van der Waals surface area contributed by atoms with Crippen LogP contribution in [-0.2, 0) is 0 Å². The lowest BCUT2D eigenvalue weighted by molar-refractivity contribution is 0.414. The second kappa shape index (κ2) is 6.35. The minimum Gasteiger partial charge on any atom is -0.496 e. The minimum absolute atomic E-state index is 0.742. The van der Waals surface area contributed by atoms with Crippen molar-refractivity contribution in [2.75, 3.05) is 14.2 Å². The predicted octanol–water partition coefficient (Wildman–Crippen LogP) is 4.84. The van der Waals surface area contributed by atoms with E-state index in [2.05, 4.69) is 36.4 Å². The van der Waals surface area contributed by atoms with Gasteiger partial charge >= 0.3 is 0 Å². The first-order valence-corrected chi connectivity index (χ1v) is 7.11. The van der Waals surface area contributed by atoms with Crippen LogP contribution in [0.15, 0.2) is 66.7 Å². The third-order valence-corrected chi connectivity index (χ3v) is 3.63. The standard InChI is InChI=1S/C20H17O2/c1-21-18-7-5-6-17(14-18)15-10-12-16(13-11-15)19-8-3-4-9-20(19)22-2/h3-6,8-14H,1-2H3. The molecule has 0 aliphatic rings. The van der Waals surface area contributed by atoms with E-state index >= 15 is 0 Å². The van der Waals surface area contributed by atoms with E-state index in [0.29, 0.717) is 0 Å². The van der Waals surface area contributed by atoms with Gasteiger partial charge in [0.2, 0.25) is 0 Å². The van der Waals surface area contributed by atoms with Crippen LogP contribution in [0.1, 0.15) is 0 Å². The smallest absolute Gasteiger partial charge is 0.127 e. The van der Waals surface area contributed by atoms with Gasteiger partial charge in [-0.1, -0.05) is 48.5 Å². The Kier molecular flexibility index (Phi) is 4.10. The third-order valence-electron chi connectivity index (χ3n) is 3.63. The van der Waals surface area contributed by atoms with E-state index in [4.69, 9.17) is 9.47 Å². The Balaban J connectivity index is 1.95. The molecule has 109 valence electrons. The first kappa shape index (κ1) is 14.2. The average molecular weight is 289 g/mol. The molecule has 0 fully saturated rings. The molecule has 3 aromatic rings. The maximum Gasteiger partial charge on any atom is 0.127 e. The van der Waals surface area contributed by atoms with Crippen LogP contribution >= 0.6 is 0 Å². The van der Waals surface area contributed by atoms with Crippen molar-refractivity contribution in [3.05, 3.63) is 72.8 Å². The molecule has 0 heterocycles. The Morgan fingerprint density at radius 1 is 0.727 bits per heavy atom. The maximum absolute atomic E-state index is 5.42. The number of rotatable bonds is 4. The average Bonchev–Trinajstić information content (AvgIpc) is 2.62. The highest BCUT2D eigenvalue weighted by Gasteiger charge is 2.05. The van der Waals surface area contributed by atoms with Crippen LogP contribution in [-0.4, -0.2) is 14.2 Å². The number of benzene rings is 3. The van der Waals surface area contributed by atoms with Gasteiger partial charge in [0, 0.05) is 11.6 Å². The molecular formula is C20H17O2. The highest BCUT2D eigenvalue weighted by Crippen LogP contribution is 2.31. The molecule has 0 unspecified atom stereocenters. The molecule has 3 aromatic carbocycles. The zero-order valence-electron chi connectivity index (χ0n) is 12.7. The first-order chi connectivity index (χ1) is 10.8. The zero-order chi connectivity index (χ0) is 15.4. The molecule has 1 radical (unpaired) electrons. The molecule has 3 rings (SSSR count). The minimum atomic E-state index is 0.742. The molecule has 0 bridgehead atoms. The van der Waals surface area contributed by atoms with E-state index in [1.54, 1.807) is 14.2 Å². The number of methoxy groups -OCH3 is 2. The van der Waals surface area contributed by atoms with E-state index in [0.717, 1.165) is 33.8 Å². The molecule has 0 saturated carbocycles. The monoisotopic (exact) mass is 289 g/mol. The molecule has 0 amide bonds. The summed E-state index contributed by atoms with van der Waals surface area (Å²) in [6.45, 7) is 0. The Labute approximate surface area is 131 Å². The van der Waals surface area contributed by atoms with Crippen LogP contribution in [0.3, 0.4) is 0 Å². The van der Waals surface area contributed by atoms with Gasteiger partial charge in [0.25, 0.3) is 0 Å². The van der Waals surface area contributed by atoms with Gasteiger partial charge in [0.05, 0.1) is 14.2 Å².